The summed E-state index contributed by atoms with van der Waals surface area (Å²) in [5.74, 6) is 0.322. The Morgan fingerprint density at radius 3 is 2.76 bits per heavy atom. The molecule has 3 rings (SSSR count). The van der Waals surface area contributed by atoms with Gasteiger partial charge in [-0.05, 0) is 36.2 Å². The third kappa shape index (κ3) is 2.43. The van der Waals surface area contributed by atoms with Gasteiger partial charge in [-0.25, -0.2) is 0 Å². The molecular formula is C15H13N3O3. The Bertz CT molecular complexity index is 783. The molecule has 0 aliphatic rings. The maximum absolute atomic E-state index is 9.52. The second kappa shape index (κ2) is 5.24. The van der Waals surface area contributed by atoms with Gasteiger partial charge in [0.2, 0.25) is 5.82 Å². The SMILES string of the molecule is CCc1cnccc1-c1noc(-c2ccc(O)c(O)c2)n1. The highest BCUT2D eigenvalue weighted by molar-refractivity contribution is 5.64. The maximum Gasteiger partial charge on any atom is 0.258 e. The highest BCUT2D eigenvalue weighted by Gasteiger charge is 2.14. The first-order valence-electron chi connectivity index (χ1n) is 6.48. The van der Waals surface area contributed by atoms with Crippen molar-refractivity contribution in [3.05, 3.63) is 42.2 Å². The molecule has 0 aliphatic carbocycles. The zero-order valence-electron chi connectivity index (χ0n) is 11.3. The lowest BCUT2D eigenvalue weighted by atomic mass is 10.1. The minimum atomic E-state index is -0.231. The van der Waals surface area contributed by atoms with E-state index in [1.165, 1.54) is 12.1 Å². The number of hydrogen-bond acceptors (Lipinski definition) is 6. The number of phenolic OH excluding ortho intramolecular Hbond substituents is 2. The van der Waals surface area contributed by atoms with Gasteiger partial charge in [-0.3, -0.25) is 4.98 Å². The van der Waals surface area contributed by atoms with Crippen LogP contribution in [-0.2, 0) is 6.42 Å². The Balaban J connectivity index is 2.01. The molecule has 0 saturated heterocycles. The van der Waals surface area contributed by atoms with Gasteiger partial charge >= 0.3 is 0 Å². The van der Waals surface area contributed by atoms with Gasteiger partial charge in [-0.2, -0.15) is 4.98 Å². The van der Waals surface area contributed by atoms with Crippen LogP contribution in [0.5, 0.6) is 11.5 Å². The van der Waals surface area contributed by atoms with Gasteiger partial charge in [-0.1, -0.05) is 12.1 Å². The Morgan fingerprint density at radius 2 is 2.00 bits per heavy atom. The van der Waals surface area contributed by atoms with E-state index in [1.807, 2.05) is 13.0 Å². The molecule has 2 aromatic heterocycles. The molecule has 0 atom stereocenters. The van der Waals surface area contributed by atoms with Crippen molar-refractivity contribution in [1.82, 2.24) is 15.1 Å². The van der Waals surface area contributed by atoms with Crippen LogP contribution < -0.4 is 0 Å². The fourth-order valence-electron chi connectivity index (χ4n) is 2.03. The molecule has 106 valence electrons. The number of rotatable bonds is 3. The minimum absolute atomic E-state index is 0.194. The monoisotopic (exact) mass is 283 g/mol. The van der Waals surface area contributed by atoms with Crippen LogP contribution in [0.4, 0.5) is 0 Å². The first-order chi connectivity index (χ1) is 10.2. The van der Waals surface area contributed by atoms with E-state index in [-0.39, 0.29) is 17.4 Å². The van der Waals surface area contributed by atoms with E-state index in [0.717, 1.165) is 17.5 Å². The summed E-state index contributed by atoms with van der Waals surface area (Å²) in [4.78, 5) is 8.41. The predicted molar refractivity (Wildman–Crippen MR) is 75.7 cm³/mol. The Labute approximate surface area is 120 Å². The molecule has 2 heterocycles. The van der Waals surface area contributed by atoms with Crippen molar-refractivity contribution in [1.29, 1.82) is 0 Å². The summed E-state index contributed by atoms with van der Waals surface area (Å²) >= 11 is 0. The summed E-state index contributed by atoms with van der Waals surface area (Å²) < 4.78 is 5.23. The molecule has 6 nitrogen and oxygen atoms in total. The number of aromatic hydroxyl groups is 2. The first-order valence-corrected chi connectivity index (χ1v) is 6.48. The summed E-state index contributed by atoms with van der Waals surface area (Å²) in [5, 5.41) is 22.8. The van der Waals surface area contributed by atoms with Crippen LogP contribution in [0.1, 0.15) is 12.5 Å². The third-order valence-corrected chi connectivity index (χ3v) is 3.17. The zero-order chi connectivity index (χ0) is 14.8. The molecule has 1 aromatic carbocycles. The lowest BCUT2D eigenvalue weighted by Crippen LogP contribution is -1.90. The van der Waals surface area contributed by atoms with Crippen LogP contribution in [0.2, 0.25) is 0 Å². The van der Waals surface area contributed by atoms with Gasteiger partial charge in [0.25, 0.3) is 5.89 Å². The van der Waals surface area contributed by atoms with Crippen molar-refractivity contribution in [2.75, 3.05) is 0 Å². The lowest BCUT2D eigenvalue weighted by Gasteiger charge is -2.01. The molecule has 0 spiro atoms. The van der Waals surface area contributed by atoms with Gasteiger partial charge < -0.3 is 14.7 Å². The second-order valence-electron chi connectivity index (χ2n) is 4.51. The molecular weight excluding hydrogens is 270 g/mol. The van der Waals surface area contributed by atoms with Crippen LogP contribution in [0.25, 0.3) is 22.8 Å². The fraction of sp³-hybridized carbons (Fsp3) is 0.133. The topological polar surface area (TPSA) is 92.3 Å². The second-order valence-corrected chi connectivity index (χ2v) is 4.51. The number of hydrogen-bond donors (Lipinski definition) is 2. The number of benzene rings is 1. The van der Waals surface area contributed by atoms with Crippen molar-refractivity contribution in [3.63, 3.8) is 0 Å². The van der Waals surface area contributed by atoms with E-state index in [1.54, 1.807) is 18.5 Å². The van der Waals surface area contributed by atoms with Crippen molar-refractivity contribution in [2.45, 2.75) is 13.3 Å². The summed E-state index contributed by atoms with van der Waals surface area (Å²) in [6.45, 7) is 2.03. The van der Waals surface area contributed by atoms with Gasteiger partial charge in [0.15, 0.2) is 11.5 Å². The first kappa shape index (κ1) is 13.1. The molecule has 0 bridgehead atoms. The van der Waals surface area contributed by atoms with E-state index in [4.69, 9.17) is 4.52 Å². The van der Waals surface area contributed by atoms with Gasteiger partial charge in [0.1, 0.15) is 0 Å². The zero-order valence-corrected chi connectivity index (χ0v) is 11.3. The summed E-state index contributed by atoms with van der Waals surface area (Å²) in [6.07, 6.45) is 4.27. The number of aryl methyl sites for hydroxylation is 1. The lowest BCUT2D eigenvalue weighted by molar-refractivity contribution is 0.402. The number of aromatic nitrogens is 3. The summed E-state index contributed by atoms with van der Waals surface area (Å²) in [6, 6.07) is 6.18. The molecule has 0 fully saturated rings. The molecule has 0 amide bonds. The Kier molecular flexibility index (Phi) is 3.27. The van der Waals surface area contributed by atoms with E-state index in [9.17, 15) is 10.2 Å². The summed E-state index contributed by atoms with van der Waals surface area (Å²) in [5.41, 5.74) is 2.43. The third-order valence-electron chi connectivity index (χ3n) is 3.17. The predicted octanol–water partition coefficient (Wildman–Crippen LogP) is 2.77. The molecule has 2 N–H and O–H groups in total. The van der Waals surface area contributed by atoms with E-state index < -0.39 is 0 Å². The van der Waals surface area contributed by atoms with Crippen molar-refractivity contribution < 1.29 is 14.7 Å². The average molecular weight is 283 g/mol. The van der Waals surface area contributed by atoms with Crippen molar-refractivity contribution in [2.24, 2.45) is 0 Å². The highest BCUT2D eigenvalue weighted by Crippen LogP contribution is 2.31. The van der Waals surface area contributed by atoms with Crippen LogP contribution in [-0.4, -0.2) is 25.3 Å². The number of nitrogens with zero attached hydrogens (tertiary/aromatic N) is 3. The van der Waals surface area contributed by atoms with E-state index in [0.29, 0.717) is 11.4 Å². The van der Waals surface area contributed by atoms with E-state index >= 15 is 0 Å². The molecule has 0 saturated carbocycles. The quantitative estimate of drug-likeness (QED) is 0.718. The molecule has 3 aromatic rings. The van der Waals surface area contributed by atoms with Crippen LogP contribution in [0.3, 0.4) is 0 Å². The Morgan fingerprint density at radius 1 is 1.14 bits per heavy atom. The van der Waals surface area contributed by atoms with Crippen LogP contribution >= 0.6 is 0 Å². The number of pyridine rings is 1. The molecule has 0 unspecified atom stereocenters. The van der Waals surface area contributed by atoms with Gasteiger partial charge in [-0.15, -0.1) is 0 Å². The highest BCUT2D eigenvalue weighted by atomic mass is 16.5. The van der Waals surface area contributed by atoms with Crippen LogP contribution in [0, 0.1) is 0 Å². The fourth-order valence-corrected chi connectivity index (χ4v) is 2.03. The smallest absolute Gasteiger partial charge is 0.258 e. The average Bonchev–Trinajstić information content (AvgIpc) is 2.99. The van der Waals surface area contributed by atoms with Gasteiger partial charge in [0.05, 0.1) is 0 Å². The summed E-state index contributed by atoms with van der Waals surface area (Å²) in [7, 11) is 0. The van der Waals surface area contributed by atoms with Crippen molar-refractivity contribution >= 4 is 0 Å². The molecule has 6 heteroatoms. The van der Waals surface area contributed by atoms with Crippen LogP contribution in [0.15, 0.2) is 41.2 Å². The standard InChI is InChI=1S/C15H13N3O3/c1-2-9-8-16-6-5-11(9)14-17-15(21-18-14)10-3-4-12(19)13(20)7-10/h3-8,19-20H,2H2,1H3. The maximum atomic E-state index is 9.52. The van der Waals surface area contributed by atoms with E-state index in [2.05, 4.69) is 15.1 Å². The largest absolute Gasteiger partial charge is 0.504 e. The van der Waals surface area contributed by atoms with Gasteiger partial charge in [0, 0.05) is 23.5 Å². The normalized spacial score (nSPS) is 10.7. The Hall–Kier alpha value is -2.89. The minimum Gasteiger partial charge on any atom is -0.504 e. The number of phenols is 2. The molecule has 21 heavy (non-hydrogen) atoms. The molecule has 0 aliphatic heterocycles. The van der Waals surface area contributed by atoms with Crippen molar-refractivity contribution in [3.8, 4) is 34.3 Å². The molecule has 0 radical (unpaired) electrons.